The molecular weight excluding hydrogens is 254 g/mol. The number of nitrogens with zero attached hydrogens (tertiary/aromatic N) is 4. The molecule has 0 saturated heterocycles. The smallest absolute Gasteiger partial charge is 0.387 e. The lowest BCUT2D eigenvalue weighted by molar-refractivity contribution is -0.0499. The lowest BCUT2D eigenvalue weighted by atomic mass is 10.2. The fraction of sp³-hybridized carbons (Fsp3) is 0.250. The van der Waals surface area contributed by atoms with Gasteiger partial charge in [-0.15, -0.1) is 10.2 Å². The van der Waals surface area contributed by atoms with Gasteiger partial charge in [0, 0.05) is 5.56 Å². The highest BCUT2D eigenvalue weighted by Gasteiger charge is 2.08. The van der Waals surface area contributed by atoms with Crippen LogP contribution in [0.2, 0.25) is 0 Å². The number of ether oxygens (including phenoxy) is 1. The number of rotatable bonds is 4. The van der Waals surface area contributed by atoms with Gasteiger partial charge in [0.25, 0.3) is 0 Å². The SMILES string of the molecule is Cc1nnc(C)n1N=Cc1ccccc1OC(F)F. The van der Waals surface area contributed by atoms with Crippen LogP contribution in [0.5, 0.6) is 5.75 Å². The second-order valence-corrected chi connectivity index (χ2v) is 3.77. The average molecular weight is 266 g/mol. The first kappa shape index (κ1) is 13.1. The van der Waals surface area contributed by atoms with Gasteiger partial charge < -0.3 is 4.74 Å². The van der Waals surface area contributed by atoms with Crippen molar-refractivity contribution in [1.82, 2.24) is 14.9 Å². The Kier molecular flexibility index (Phi) is 3.84. The van der Waals surface area contributed by atoms with E-state index in [-0.39, 0.29) is 5.75 Å². The first-order valence-electron chi connectivity index (χ1n) is 5.54. The second-order valence-electron chi connectivity index (χ2n) is 3.77. The van der Waals surface area contributed by atoms with Crippen LogP contribution in [0.15, 0.2) is 29.4 Å². The Morgan fingerprint density at radius 1 is 1.21 bits per heavy atom. The molecule has 19 heavy (non-hydrogen) atoms. The molecule has 0 spiro atoms. The molecular formula is C12H12F2N4O. The molecule has 5 nitrogen and oxygen atoms in total. The van der Waals surface area contributed by atoms with Crippen molar-refractivity contribution in [2.75, 3.05) is 0 Å². The van der Waals surface area contributed by atoms with Gasteiger partial charge in [-0.05, 0) is 26.0 Å². The van der Waals surface area contributed by atoms with Crippen molar-refractivity contribution < 1.29 is 13.5 Å². The van der Waals surface area contributed by atoms with E-state index in [0.717, 1.165) is 0 Å². The van der Waals surface area contributed by atoms with Crippen molar-refractivity contribution in [1.29, 1.82) is 0 Å². The predicted octanol–water partition coefficient (Wildman–Crippen LogP) is 2.38. The molecule has 0 N–H and O–H groups in total. The average Bonchev–Trinajstić information content (AvgIpc) is 2.68. The highest BCUT2D eigenvalue weighted by Crippen LogP contribution is 2.18. The van der Waals surface area contributed by atoms with Crippen LogP contribution < -0.4 is 4.74 Å². The summed E-state index contributed by atoms with van der Waals surface area (Å²) >= 11 is 0. The molecule has 0 unspecified atom stereocenters. The zero-order valence-corrected chi connectivity index (χ0v) is 10.4. The molecule has 0 aliphatic rings. The Bertz CT molecular complexity index is 576. The summed E-state index contributed by atoms with van der Waals surface area (Å²) < 4.78 is 30.4. The monoisotopic (exact) mass is 266 g/mol. The van der Waals surface area contributed by atoms with E-state index in [2.05, 4.69) is 20.0 Å². The highest BCUT2D eigenvalue weighted by molar-refractivity contribution is 5.83. The van der Waals surface area contributed by atoms with E-state index in [0.29, 0.717) is 17.2 Å². The van der Waals surface area contributed by atoms with Crippen LogP contribution in [0, 0.1) is 13.8 Å². The molecule has 1 heterocycles. The number of hydrogen-bond donors (Lipinski definition) is 0. The summed E-state index contributed by atoms with van der Waals surface area (Å²) in [5, 5.41) is 11.8. The molecule has 0 aliphatic carbocycles. The maximum absolute atomic E-state index is 12.3. The maximum Gasteiger partial charge on any atom is 0.387 e. The van der Waals surface area contributed by atoms with Gasteiger partial charge in [-0.1, -0.05) is 12.1 Å². The van der Waals surface area contributed by atoms with E-state index in [1.165, 1.54) is 17.0 Å². The third kappa shape index (κ3) is 3.12. The zero-order valence-electron chi connectivity index (χ0n) is 10.4. The van der Waals surface area contributed by atoms with E-state index >= 15 is 0 Å². The Morgan fingerprint density at radius 3 is 2.47 bits per heavy atom. The van der Waals surface area contributed by atoms with E-state index in [1.807, 2.05) is 0 Å². The number of aryl methyl sites for hydroxylation is 2. The Labute approximate surface area is 108 Å². The van der Waals surface area contributed by atoms with Crippen molar-refractivity contribution in [3.05, 3.63) is 41.5 Å². The fourth-order valence-corrected chi connectivity index (χ4v) is 1.54. The van der Waals surface area contributed by atoms with Crippen molar-refractivity contribution in [3.8, 4) is 5.75 Å². The molecule has 2 aromatic rings. The number of benzene rings is 1. The number of aromatic nitrogens is 3. The molecule has 0 radical (unpaired) electrons. The summed E-state index contributed by atoms with van der Waals surface area (Å²) in [6.07, 6.45) is 1.43. The fourth-order valence-electron chi connectivity index (χ4n) is 1.54. The predicted molar refractivity (Wildman–Crippen MR) is 65.6 cm³/mol. The molecule has 0 aliphatic heterocycles. The van der Waals surface area contributed by atoms with Crippen molar-refractivity contribution in [2.24, 2.45) is 5.10 Å². The standard InChI is InChI=1S/C12H12F2N4O/c1-8-16-17-9(2)18(8)15-7-10-5-3-4-6-11(10)19-12(13)14/h3-7,12H,1-2H3. The third-order valence-corrected chi connectivity index (χ3v) is 2.40. The summed E-state index contributed by atoms with van der Waals surface area (Å²) in [6.45, 7) is 0.630. The summed E-state index contributed by atoms with van der Waals surface area (Å²) in [7, 11) is 0. The first-order chi connectivity index (χ1) is 9.08. The second kappa shape index (κ2) is 5.55. The molecule has 7 heteroatoms. The van der Waals surface area contributed by atoms with Gasteiger partial charge in [-0.25, -0.2) is 4.68 Å². The van der Waals surface area contributed by atoms with Crippen LogP contribution in [0.4, 0.5) is 8.78 Å². The van der Waals surface area contributed by atoms with Crippen molar-refractivity contribution >= 4 is 6.21 Å². The molecule has 0 atom stereocenters. The molecule has 1 aromatic carbocycles. The van der Waals surface area contributed by atoms with Crippen LogP contribution in [-0.4, -0.2) is 27.7 Å². The van der Waals surface area contributed by atoms with Gasteiger partial charge in [0.15, 0.2) is 11.6 Å². The first-order valence-corrected chi connectivity index (χ1v) is 5.54. The van der Waals surface area contributed by atoms with Gasteiger partial charge in [-0.3, -0.25) is 0 Å². The Hall–Kier alpha value is -2.31. The lowest BCUT2D eigenvalue weighted by Crippen LogP contribution is -2.04. The normalized spacial score (nSPS) is 11.4. The molecule has 0 fully saturated rings. The van der Waals surface area contributed by atoms with Crippen molar-refractivity contribution in [3.63, 3.8) is 0 Å². The molecule has 0 saturated carbocycles. The minimum atomic E-state index is -2.87. The summed E-state index contributed by atoms with van der Waals surface area (Å²) in [6, 6.07) is 6.42. The maximum atomic E-state index is 12.3. The molecule has 100 valence electrons. The highest BCUT2D eigenvalue weighted by atomic mass is 19.3. The number of halogens is 2. The molecule has 1 aromatic heterocycles. The van der Waals surface area contributed by atoms with Crippen LogP contribution in [-0.2, 0) is 0 Å². The Balaban J connectivity index is 2.28. The van der Waals surface area contributed by atoms with E-state index in [1.54, 1.807) is 32.0 Å². The zero-order chi connectivity index (χ0) is 13.8. The van der Waals surface area contributed by atoms with Crippen LogP contribution in [0.1, 0.15) is 17.2 Å². The van der Waals surface area contributed by atoms with Gasteiger partial charge >= 0.3 is 6.61 Å². The number of hydrogen-bond acceptors (Lipinski definition) is 4. The lowest BCUT2D eigenvalue weighted by Gasteiger charge is -2.07. The van der Waals surface area contributed by atoms with Gasteiger partial charge in [-0.2, -0.15) is 13.9 Å². The van der Waals surface area contributed by atoms with Gasteiger partial charge in [0.1, 0.15) is 5.75 Å². The summed E-state index contributed by atoms with van der Waals surface area (Å²) in [5.74, 6) is 1.30. The van der Waals surface area contributed by atoms with Crippen molar-refractivity contribution in [2.45, 2.75) is 20.5 Å². The Morgan fingerprint density at radius 2 is 1.84 bits per heavy atom. The third-order valence-electron chi connectivity index (χ3n) is 2.40. The van der Waals surface area contributed by atoms with E-state index in [4.69, 9.17) is 0 Å². The summed E-state index contributed by atoms with van der Waals surface area (Å²) in [4.78, 5) is 0. The molecule has 2 rings (SSSR count). The largest absolute Gasteiger partial charge is 0.434 e. The van der Waals surface area contributed by atoms with E-state index in [9.17, 15) is 8.78 Å². The molecule has 0 amide bonds. The quantitative estimate of drug-likeness (QED) is 0.798. The number of para-hydroxylation sites is 1. The number of alkyl halides is 2. The summed E-state index contributed by atoms with van der Waals surface area (Å²) in [5.41, 5.74) is 0.454. The van der Waals surface area contributed by atoms with Gasteiger partial charge in [0.05, 0.1) is 6.21 Å². The minimum Gasteiger partial charge on any atom is -0.434 e. The molecule has 0 bridgehead atoms. The topological polar surface area (TPSA) is 52.3 Å². The van der Waals surface area contributed by atoms with Crippen LogP contribution in [0.25, 0.3) is 0 Å². The van der Waals surface area contributed by atoms with Crippen LogP contribution in [0.3, 0.4) is 0 Å². The minimum absolute atomic E-state index is 0.0737. The van der Waals surface area contributed by atoms with E-state index < -0.39 is 6.61 Å². The van der Waals surface area contributed by atoms with Gasteiger partial charge in [0.2, 0.25) is 0 Å². The van der Waals surface area contributed by atoms with Crippen LogP contribution >= 0.6 is 0 Å².